The molecule has 0 aliphatic heterocycles. The van der Waals surface area contributed by atoms with E-state index in [1.807, 2.05) is 0 Å². The van der Waals surface area contributed by atoms with Gasteiger partial charge in [-0.1, -0.05) is 59.2 Å². The summed E-state index contributed by atoms with van der Waals surface area (Å²) in [6, 6.07) is 15.3. The van der Waals surface area contributed by atoms with Crippen LogP contribution in [-0.4, -0.2) is 17.4 Å². The summed E-state index contributed by atoms with van der Waals surface area (Å²) in [5.74, 6) is 0. The molecule has 1 nitrogen and oxygen atoms in total. The van der Waals surface area contributed by atoms with Crippen LogP contribution in [0.2, 0.25) is 19.6 Å². The number of rotatable bonds is 4. The summed E-state index contributed by atoms with van der Waals surface area (Å²) in [5, 5.41) is 2.78. The molecule has 0 amide bonds. The molecular formula is C18H25LiOSi2. The first kappa shape index (κ1) is 19.5. The van der Waals surface area contributed by atoms with E-state index in [-0.39, 0.29) is 18.9 Å². The minimum Gasteiger partial charge on any atom is -0.602 e. The molecule has 0 atom stereocenters. The molecule has 0 unspecified atom stereocenters. The minimum absolute atomic E-state index is 0. The van der Waals surface area contributed by atoms with Crippen LogP contribution in [0.4, 0.5) is 0 Å². The average Bonchev–Trinajstić information content (AvgIpc) is 2.36. The Balaban J connectivity index is 0.00000242. The molecule has 0 heterocycles. The molecule has 0 spiro atoms. The zero-order chi connectivity index (χ0) is 15.6. The first-order chi connectivity index (χ1) is 9.78. The normalized spacial score (nSPS) is 11.0. The summed E-state index contributed by atoms with van der Waals surface area (Å²) in [6.07, 6.45) is 0. The van der Waals surface area contributed by atoms with Crippen molar-refractivity contribution in [3.63, 3.8) is 0 Å². The Morgan fingerprint density at radius 2 is 1.36 bits per heavy atom. The van der Waals surface area contributed by atoms with Crippen LogP contribution in [0.25, 0.3) is 0 Å². The number of hydrogen-bond acceptors (Lipinski definition) is 1. The zero-order valence-electron chi connectivity index (χ0n) is 14.9. The van der Waals surface area contributed by atoms with Gasteiger partial charge in [-0.2, -0.15) is 10.4 Å². The average molecular weight is 321 g/mol. The first-order valence-electron chi connectivity index (χ1n) is 7.47. The van der Waals surface area contributed by atoms with Gasteiger partial charge < -0.3 is 4.12 Å². The Morgan fingerprint density at radius 1 is 0.864 bits per heavy atom. The smallest absolute Gasteiger partial charge is 0.602 e. The van der Waals surface area contributed by atoms with Crippen LogP contribution in [0.5, 0.6) is 0 Å². The van der Waals surface area contributed by atoms with Crippen LogP contribution in [-0.2, 0) is 4.12 Å². The molecule has 0 saturated heterocycles. The second-order valence-electron chi connectivity index (χ2n) is 6.68. The van der Waals surface area contributed by atoms with Gasteiger partial charge in [0.1, 0.15) is 8.32 Å². The minimum atomic E-state index is -1.60. The van der Waals surface area contributed by atoms with Gasteiger partial charge in [-0.05, 0) is 40.4 Å². The van der Waals surface area contributed by atoms with Crippen LogP contribution >= 0.6 is 0 Å². The van der Waals surface area contributed by atoms with Crippen molar-refractivity contribution in [2.24, 2.45) is 0 Å². The van der Waals surface area contributed by atoms with Gasteiger partial charge in [-0.3, -0.25) is 0 Å². The van der Waals surface area contributed by atoms with E-state index in [1.54, 1.807) is 0 Å². The molecule has 4 heteroatoms. The van der Waals surface area contributed by atoms with Crippen molar-refractivity contribution in [1.29, 1.82) is 0 Å². The third kappa shape index (κ3) is 4.97. The van der Waals surface area contributed by atoms with Crippen molar-refractivity contribution in [2.45, 2.75) is 40.4 Å². The summed E-state index contributed by atoms with van der Waals surface area (Å²) in [4.78, 5) is 0. The predicted molar refractivity (Wildman–Crippen MR) is 96.5 cm³/mol. The number of aryl methyl sites for hydroxylation is 3. The van der Waals surface area contributed by atoms with Gasteiger partial charge in [0, 0.05) is 0 Å². The topological polar surface area (TPSA) is 9.23 Å². The Hall–Kier alpha value is -0.569. The van der Waals surface area contributed by atoms with E-state index in [1.165, 1.54) is 27.1 Å². The van der Waals surface area contributed by atoms with E-state index in [0.717, 1.165) is 0 Å². The van der Waals surface area contributed by atoms with E-state index in [9.17, 15) is 0 Å². The molecule has 0 bridgehead atoms. The Labute approximate surface area is 150 Å². The van der Waals surface area contributed by atoms with E-state index in [4.69, 9.17) is 4.12 Å². The fourth-order valence-corrected chi connectivity index (χ4v) is 7.66. The molecule has 0 radical (unpaired) electrons. The second-order valence-corrected chi connectivity index (χ2v) is 13.5. The van der Waals surface area contributed by atoms with Gasteiger partial charge >= 0.3 is 18.9 Å². The predicted octanol–water partition coefficient (Wildman–Crippen LogP) is 0.573. The molecule has 0 aliphatic rings. The molecule has 0 aliphatic carbocycles. The maximum absolute atomic E-state index is 6.65. The first-order valence-corrected chi connectivity index (χ1v) is 12.3. The Bertz CT molecular complexity index is 598. The standard InChI is InChI=1S/C18H25OSi2.Li/c1-14-12-15(2)18(16(3)13-14)20(19-21(4,5)6)17-10-8-7-9-11-17;/h7-13H,1-6H3;/q-1;+1. The van der Waals surface area contributed by atoms with Crippen LogP contribution < -0.4 is 29.2 Å². The maximum Gasteiger partial charge on any atom is 1.00 e. The van der Waals surface area contributed by atoms with Crippen molar-refractivity contribution < 1.29 is 23.0 Å². The van der Waals surface area contributed by atoms with E-state index in [0.29, 0.717) is 0 Å². The van der Waals surface area contributed by atoms with Crippen molar-refractivity contribution in [1.82, 2.24) is 0 Å². The molecule has 0 aromatic heterocycles. The third-order valence-corrected chi connectivity index (χ3v) is 8.71. The van der Waals surface area contributed by atoms with Gasteiger partial charge in [0.15, 0.2) is 0 Å². The zero-order valence-corrected chi connectivity index (χ0v) is 16.9. The van der Waals surface area contributed by atoms with Gasteiger partial charge in [0.05, 0.1) is 0 Å². The van der Waals surface area contributed by atoms with Crippen molar-refractivity contribution in [2.75, 3.05) is 0 Å². The number of hydrogen-bond donors (Lipinski definition) is 0. The van der Waals surface area contributed by atoms with Crippen LogP contribution in [0, 0.1) is 20.8 Å². The van der Waals surface area contributed by atoms with Crippen molar-refractivity contribution in [3.8, 4) is 0 Å². The number of benzene rings is 2. The quantitative estimate of drug-likeness (QED) is 0.749. The Morgan fingerprint density at radius 3 is 1.82 bits per heavy atom. The molecule has 2 aromatic carbocycles. The van der Waals surface area contributed by atoms with Crippen molar-refractivity contribution in [3.05, 3.63) is 59.2 Å². The fourth-order valence-electron chi connectivity index (χ4n) is 2.69. The summed E-state index contributed by atoms with van der Waals surface area (Å²) < 4.78 is 6.65. The molecule has 0 fully saturated rings. The molecule has 0 N–H and O–H groups in total. The second kappa shape index (κ2) is 7.81. The van der Waals surface area contributed by atoms with Gasteiger partial charge in [0.25, 0.3) is 0 Å². The van der Waals surface area contributed by atoms with Crippen LogP contribution in [0.3, 0.4) is 0 Å². The molecule has 22 heavy (non-hydrogen) atoms. The SMILES string of the molecule is Cc1cc(C)c([Si-](O[Si](C)(C)C)c2ccccc2)c(C)c1.[Li+]. The molecule has 0 saturated carbocycles. The fraction of sp³-hybridized carbons (Fsp3) is 0.333. The molecule has 2 aromatic rings. The van der Waals surface area contributed by atoms with Gasteiger partial charge in [0.2, 0.25) is 0 Å². The van der Waals surface area contributed by atoms with Crippen molar-refractivity contribution >= 4 is 27.7 Å². The van der Waals surface area contributed by atoms with E-state index in [2.05, 4.69) is 82.9 Å². The summed E-state index contributed by atoms with van der Waals surface area (Å²) >= 11 is 0. The Kier molecular flexibility index (Phi) is 6.91. The molecular weight excluding hydrogens is 295 g/mol. The van der Waals surface area contributed by atoms with E-state index < -0.39 is 17.4 Å². The van der Waals surface area contributed by atoms with Gasteiger partial charge in [-0.25, -0.2) is 0 Å². The monoisotopic (exact) mass is 320 g/mol. The maximum atomic E-state index is 6.65. The molecule has 2 rings (SSSR count). The summed E-state index contributed by atoms with van der Waals surface area (Å²) in [7, 11) is -2.77. The molecule has 112 valence electrons. The largest absolute Gasteiger partial charge is 1.00 e. The van der Waals surface area contributed by atoms with E-state index >= 15 is 0 Å². The van der Waals surface area contributed by atoms with Crippen LogP contribution in [0.1, 0.15) is 16.7 Å². The van der Waals surface area contributed by atoms with Gasteiger partial charge in [-0.15, -0.1) is 9.04 Å². The summed E-state index contributed by atoms with van der Waals surface area (Å²) in [5.41, 5.74) is 4.06. The van der Waals surface area contributed by atoms with Crippen LogP contribution in [0.15, 0.2) is 42.5 Å². The third-order valence-electron chi connectivity index (χ3n) is 3.35. The summed E-state index contributed by atoms with van der Waals surface area (Å²) in [6.45, 7) is 13.4.